The lowest BCUT2D eigenvalue weighted by Crippen LogP contribution is -2.24. The van der Waals surface area contributed by atoms with E-state index in [2.05, 4.69) is 22.0 Å². The summed E-state index contributed by atoms with van der Waals surface area (Å²) >= 11 is 3.28. The molecule has 0 heterocycles. The lowest BCUT2D eigenvalue weighted by atomic mass is 10.2. The standard InChI is InChI=1S/C11H12BrN3O2/c1-8(6-13)7-14(2)11-5-9(12)3-4-10(11)15(16)17/h3-5,8H,7H2,1-2H3. The van der Waals surface area contributed by atoms with E-state index in [1.807, 2.05) is 0 Å². The predicted octanol–water partition coefficient (Wildman–Crippen LogP) is 2.95. The summed E-state index contributed by atoms with van der Waals surface area (Å²) in [6.45, 7) is 2.23. The van der Waals surface area contributed by atoms with Gasteiger partial charge < -0.3 is 4.90 Å². The Morgan fingerprint density at radius 2 is 2.29 bits per heavy atom. The van der Waals surface area contributed by atoms with Crippen LogP contribution in [0.5, 0.6) is 0 Å². The summed E-state index contributed by atoms with van der Waals surface area (Å²) in [5, 5.41) is 19.6. The molecular formula is C11H12BrN3O2. The van der Waals surface area contributed by atoms with Crippen molar-refractivity contribution in [1.29, 1.82) is 5.26 Å². The first-order valence-electron chi connectivity index (χ1n) is 5.00. The average molecular weight is 298 g/mol. The van der Waals surface area contributed by atoms with Gasteiger partial charge in [0.2, 0.25) is 0 Å². The van der Waals surface area contributed by atoms with Crippen molar-refractivity contribution in [3.63, 3.8) is 0 Å². The number of benzene rings is 1. The lowest BCUT2D eigenvalue weighted by Gasteiger charge is -2.20. The molecule has 5 nitrogen and oxygen atoms in total. The van der Waals surface area contributed by atoms with Crippen molar-refractivity contribution in [2.75, 3.05) is 18.5 Å². The minimum atomic E-state index is -0.421. The van der Waals surface area contributed by atoms with Crippen LogP contribution in [0.25, 0.3) is 0 Å². The molecule has 1 aromatic rings. The molecular weight excluding hydrogens is 286 g/mol. The van der Waals surface area contributed by atoms with E-state index in [1.54, 1.807) is 31.0 Å². The van der Waals surface area contributed by atoms with Crippen LogP contribution in [-0.2, 0) is 0 Å². The Balaban J connectivity index is 3.07. The van der Waals surface area contributed by atoms with Gasteiger partial charge in [-0.2, -0.15) is 5.26 Å². The van der Waals surface area contributed by atoms with Gasteiger partial charge in [0.15, 0.2) is 0 Å². The molecule has 0 aliphatic rings. The third kappa shape index (κ3) is 3.43. The summed E-state index contributed by atoms with van der Waals surface area (Å²) in [6, 6.07) is 6.87. The van der Waals surface area contributed by atoms with Gasteiger partial charge in [-0.3, -0.25) is 10.1 Å². The number of hydrogen-bond acceptors (Lipinski definition) is 4. The molecule has 1 rings (SSSR count). The minimum absolute atomic E-state index is 0.0424. The zero-order valence-electron chi connectivity index (χ0n) is 9.55. The Hall–Kier alpha value is -1.61. The van der Waals surface area contributed by atoms with Crippen molar-refractivity contribution >= 4 is 27.3 Å². The smallest absolute Gasteiger partial charge is 0.292 e. The van der Waals surface area contributed by atoms with Crippen LogP contribution in [0.2, 0.25) is 0 Å². The highest BCUT2D eigenvalue weighted by Gasteiger charge is 2.18. The van der Waals surface area contributed by atoms with E-state index in [0.29, 0.717) is 12.2 Å². The molecule has 0 N–H and O–H groups in total. The predicted molar refractivity (Wildman–Crippen MR) is 68.8 cm³/mol. The monoisotopic (exact) mass is 297 g/mol. The van der Waals surface area contributed by atoms with Crippen LogP contribution in [0.4, 0.5) is 11.4 Å². The van der Waals surface area contributed by atoms with Gasteiger partial charge in [0.1, 0.15) is 5.69 Å². The van der Waals surface area contributed by atoms with Gasteiger partial charge in [0.05, 0.1) is 16.9 Å². The molecule has 90 valence electrons. The summed E-state index contributed by atoms with van der Waals surface area (Å²) in [7, 11) is 1.74. The highest BCUT2D eigenvalue weighted by Crippen LogP contribution is 2.30. The highest BCUT2D eigenvalue weighted by atomic mass is 79.9. The van der Waals surface area contributed by atoms with Gasteiger partial charge in [0, 0.05) is 24.1 Å². The maximum Gasteiger partial charge on any atom is 0.292 e. The van der Waals surface area contributed by atoms with E-state index in [1.165, 1.54) is 6.07 Å². The van der Waals surface area contributed by atoms with Crippen LogP contribution in [0, 0.1) is 27.4 Å². The van der Waals surface area contributed by atoms with E-state index in [4.69, 9.17) is 5.26 Å². The zero-order valence-corrected chi connectivity index (χ0v) is 11.1. The number of nitro groups is 1. The molecule has 0 aliphatic carbocycles. The molecule has 0 radical (unpaired) electrons. The number of nitrogens with zero attached hydrogens (tertiary/aromatic N) is 3. The van der Waals surface area contributed by atoms with Crippen LogP contribution in [0.3, 0.4) is 0 Å². The van der Waals surface area contributed by atoms with Gasteiger partial charge in [0.25, 0.3) is 5.69 Å². The molecule has 0 aromatic heterocycles. The first kappa shape index (κ1) is 13.5. The summed E-state index contributed by atoms with van der Waals surface area (Å²) in [4.78, 5) is 12.2. The van der Waals surface area contributed by atoms with E-state index in [-0.39, 0.29) is 11.6 Å². The van der Waals surface area contributed by atoms with Gasteiger partial charge in [-0.25, -0.2) is 0 Å². The lowest BCUT2D eigenvalue weighted by molar-refractivity contribution is -0.384. The van der Waals surface area contributed by atoms with Crippen LogP contribution in [0.15, 0.2) is 22.7 Å². The maximum absolute atomic E-state index is 10.9. The molecule has 1 atom stereocenters. The van der Waals surface area contributed by atoms with Crippen molar-refractivity contribution in [3.05, 3.63) is 32.8 Å². The zero-order chi connectivity index (χ0) is 13.0. The Morgan fingerprint density at radius 1 is 1.65 bits per heavy atom. The second-order valence-corrected chi connectivity index (χ2v) is 4.72. The molecule has 0 spiro atoms. The molecule has 1 unspecified atom stereocenters. The Kier molecular flexibility index (Phi) is 4.46. The first-order valence-corrected chi connectivity index (χ1v) is 5.79. The van der Waals surface area contributed by atoms with Crippen molar-refractivity contribution in [2.24, 2.45) is 5.92 Å². The number of anilines is 1. The van der Waals surface area contributed by atoms with Gasteiger partial charge in [-0.1, -0.05) is 15.9 Å². The van der Waals surface area contributed by atoms with Gasteiger partial charge in [-0.15, -0.1) is 0 Å². The van der Waals surface area contributed by atoms with Crippen LogP contribution in [0.1, 0.15) is 6.92 Å². The molecule has 0 aliphatic heterocycles. The Morgan fingerprint density at radius 3 is 2.82 bits per heavy atom. The fourth-order valence-electron chi connectivity index (χ4n) is 1.51. The topological polar surface area (TPSA) is 70.2 Å². The minimum Gasteiger partial charge on any atom is -0.368 e. The third-order valence-corrected chi connectivity index (χ3v) is 2.81. The molecule has 17 heavy (non-hydrogen) atoms. The van der Waals surface area contributed by atoms with Crippen LogP contribution >= 0.6 is 15.9 Å². The van der Waals surface area contributed by atoms with E-state index < -0.39 is 4.92 Å². The average Bonchev–Trinajstić information content (AvgIpc) is 2.28. The maximum atomic E-state index is 10.9. The number of halogens is 1. The SMILES string of the molecule is CC(C#N)CN(C)c1cc(Br)ccc1[N+](=O)[O-]. The molecule has 6 heteroatoms. The molecule has 0 fully saturated rings. The molecule has 0 saturated heterocycles. The number of hydrogen-bond donors (Lipinski definition) is 0. The van der Waals surface area contributed by atoms with E-state index in [0.717, 1.165) is 4.47 Å². The second-order valence-electron chi connectivity index (χ2n) is 3.80. The summed E-state index contributed by atoms with van der Waals surface area (Å²) in [6.07, 6.45) is 0. The van der Waals surface area contributed by atoms with E-state index in [9.17, 15) is 10.1 Å². The Labute approximate surface area is 108 Å². The van der Waals surface area contributed by atoms with Crippen LogP contribution < -0.4 is 4.90 Å². The summed E-state index contributed by atoms with van der Waals surface area (Å²) in [5.41, 5.74) is 0.548. The fraction of sp³-hybridized carbons (Fsp3) is 0.364. The normalized spacial score (nSPS) is 11.6. The van der Waals surface area contributed by atoms with Gasteiger partial charge in [-0.05, 0) is 19.1 Å². The molecule has 0 bridgehead atoms. The third-order valence-electron chi connectivity index (χ3n) is 2.31. The quantitative estimate of drug-likeness (QED) is 0.633. The van der Waals surface area contributed by atoms with Crippen molar-refractivity contribution in [1.82, 2.24) is 0 Å². The van der Waals surface area contributed by atoms with Crippen molar-refractivity contribution in [3.8, 4) is 6.07 Å². The van der Waals surface area contributed by atoms with Gasteiger partial charge >= 0.3 is 0 Å². The van der Waals surface area contributed by atoms with Crippen molar-refractivity contribution in [2.45, 2.75) is 6.92 Å². The molecule has 0 amide bonds. The second kappa shape index (κ2) is 5.64. The number of nitriles is 1. The molecule has 1 aromatic carbocycles. The largest absolute Gasteiger partial charge is 0.368 e. The molecule has 0 saturated carbocycles. The highest BCUT2D eigenvalue weighted by molar-refractivity contribution is 9.10. The first-order chi connectivity index (χ1) is 7.95. The summed E-state index contributed by atoms with van der Waals surface area (Å²) < 4.78 is 0.773. The Bertz CT molecular complexity index is 470. The number of nitro benzene ring substituents is 1. The van der Waals surface area contributed by atoms with Crippen LogP contribution in [-0.4, -0.2) is 18.5 Å². The van der Waals surface area contributed by atoms with E-state index >= 15 is 0 Å². The number of rotatable bonds is 4. The van der Waals surface area contributed by atoms with Crippen molar-refractivity contribution < 1.29 is 4.92 Å². The fourth-order valence-corrected chi connectivity index (χ4v) is 1.86. The summed E-state index contributed by atoms with van der Waals surface area (Å²) in [5.74, 6) is -0.182.